The van der Waals surface area contributed by atoms with E-state index >= 15 is 0 Å². The second-order valence-electron chi connectivity index (χ2n) is 6.53. The Morgan fingerprint density at radius 2 is 2.08 bits per heavy atom. The van der Waals surface area contributed by atoms with E-state index in [9.17, 15) is 5.11 Å². The number of aromatic nitrogens is 3. The molecule has 132 valence electrons. The van der Waals surface area contributed by atoms with Gasteiger partial charge >= 0.3 is 0 Å². The summed E-state index contributed by atoms with van der Waals surface area (Å²) < 4.78 is 5.38. The van der Waals surface area contributed by atoms with Crippen molar-refractivity contribution in [3.05, 3.63) is 23.2 Å². The number of hydrogen-bond acceptors (Lipinski definition) is 8. The summed E-state index contributed by atoms with van der Waals surface area (Å²) in [6.45, 7) is 2.28. The Morgan fingerprint density at radius 1 is 1.24 bits per heavy atom. The smallest absolute Gasteiger partial charge is 0.230 e. The summed E-state index contributed by atoms with van der Waals surface area (Å²) in [4.78, 5) is 9.33. The van der Waals surface area contributed by atoms with Gasteiger partial charge in [0.2, 0.25) is 5.95 Å². The molecule has 0 bridgehead atoms. The molecule has 1 aliphatic carbocycles. The predicted molar refractivity (Wildman–Crippen MR) is 104 cm³/mol. The van der Waals surface area contributed by atoms with Gasteiger partial charge in [-0.05, 0) is 67.6 Å². The van der Waals surface area contributed by atoms with Crippen LogP contribution in [0, 0.1) is 12.8 Å². The lowest BCUT2D eigenvalue weighted by Crippen LogP contribution is -2.27. The normalized spacial score (nSPS) is 20.7. The second-order valence-corrected chi connectivity index (χ2v) is 8.25. The average Bonchev–Trinajstić information content (AvgIpc) is 3.24. The predicted octanol–water partition coefficient (Wildman–Crippen LogP) is 4.16. The lowest BCUT2D eigenvalue weighted by atomic mass is 9.86. The Balaban J connectivity index is 1.56. The number of aliphatic hydroxyl groups is 1. The summed E-state index contributed by atoms with van der Waals surface area (Å²) in [6.07, 6.45) is 4.27. The molecule has 1 saturated carbocycles. The summed E-state index contributed by atoms with van der Waals surface area (Å²) in [5.41, 5.74) is 1.94. The lowest BCUT2D eigenvalue weighted by molar-refractivity contribution is 0.186. The van der Waals surface area contributed by atoms with Crippen molar-refractivity contribution < 1.29 is 5.11 Å². The quantitative estimate of drug-likeness (QED) is 0.621. The van der Waals surface area contributed by atoms with Crippen LogP contribution in [0.2, 0.25) is 0 Å². The van der Waals surface area contributed by atoms with Crippen LogP contribution in [0.4, 0.5) is 16.8 Å². The molecule has 3 N–H and O–H groups in total. The molecule has 0 aliphatic heterocycles. The molecule has 0 atom stereocenters. The monoisotopic (exact) mass is 375 g/mol. The number of nitrogens with one attached hydrogen (secondary N) is 2. The molecule has 0 unspecified atom stereocenters. The third kappa shape index (κ3) is 3.75. The number of anilines is 3. The maximum absolute atomic E-state index is 9.31. The molecule has 1 fully saturated rings. The molecule has 25 heavy (non-hydrogen) atoms. The van der Waals surface area contributed by atoms with Crippen molar-refractivity contribution in [1.29, 1.82) is 0 Å². The van der Waals surface area contributed by atoms with Gasteiger partial charge in [0.1, 0.15) is 10.8 Å². The minimum absolute atomic E-state index is 0.303. The number of fused-ring (bicyclic) bond motifs is 1. The summed E-state index contributed by atoms with van der Waals surface area (Å²) in [5.74, 6) is 1.95. The standard InChI is InChI=1S/C17H21N5OS2/c1-10-8-14(25-22-10)20-17-19-13-6-7-24-15(13)16(21-17)18-12-4-2-11(9-23)3-5-12/h6-8,11-12,23H,2-5,9H2,1H3,(H2,18,19,20,21). The largest absolute Gasteiger partial charge is 0.396 e. The highest BCUT2D eigenvalue weighted by molar-refractivity contribution is 7.17. The highest BCUT2D eigenvalue weighted by atomic mass is 32.1. The minimum atomic E-state index is 0.303. The Labute approximate surface area is 154 Å². The molecule has 3 aromatic rings. The SMILES string of the molecule is Cc1cc(Nc2nc(NC3CCC(CO)CC3)c3sccc3n2)sn1. The fourth-order valence-corrected chi connectivity index (χ4v) is 4.67. The van der Waals surface area contributed by atoms with Crippen LogP contribution >= 0.6 is 22.9 Å². The molecule has 3 aromatic heterocycles. The van der Waals surface area contributed by atoms with Crippen molar-refractivity contribution >= 4 is 49.9 Å². The first-order valence-corrected chi connectivity index (χ1v) is 10.2. The number of nitrogens with zero attached hydrogens (tertiary/aromatic N) is 3. The number of hydrogen-bond donors (Lipinski definition) is 3. The van der Waals surface area contributed by atoms with E-state index in [4.69, 9.17) is 4.98 Å². The van der Waals surface area contributed by atoms with E-state index in [1.54, 1.807) is 11.3 Å². The minimum Gasteiger partial charge on any atom is -0.396 e. The van der Waals surface area contributed by atoms with Crippen LogP contribution in [-0.4, -0.2) is 32.1 Å². The van der Waals surface area contributed by atoms with Crippen LogP contribution in [-0.2, 0) is 0 Å². The first-order valence-electron chi connectivity index (χ1n) is 8.54. The number of rotatable bonds is 5. The molecular formula is C17H21N5OS2. The first-order chi connectivity index (χ1) is 12.2. The fourth-order valence-electron chi connectivity index (χ4n) is 3.23. The van der Waals surface area contributed by atoms with Crippen LogP contribution in [0.1, 0.15) is 31.4 Å². The first kappa shape index (κ1) is 16.7. The number of aryl methyl sites for hydroxylation is 1. The molecule has 0 radical (unpaired) electrons. The van der Waals surface area contributed by atoms with Crippen molar-refractivity contribution in [3.63, 3.8) is 0 Å². The Bertz CT molecular complexity index is 854. The topological polar surface area (TPSA) is 83.0 Å². The number of aliphatic hydroxyl groups excluding tert-OH is 1. The van der Waals surface area contributed by atoms with Crippen molar-refractivity contribution in [2.45, 2.75) is 38.6 Å². The van der Waals surface area contributed by atoms with Gasteiger partial charge in [0, 0.05) is 12.6 Å². The van der Waals surface area contributed by atoms with E-state index in [0.29, 0.717) is 24.5 Å². The van der Waals surface area contributed by atoms with Crippen molar-refractivity contribution in [2.24, 2.45) is 5.92 Å². The van der Waals surface area contributed by atoms with Gasteiger partial charge in [0.15, 0.2) is 0 Å². The van der Waals surface area contributed by atoms with Gasteiger partial charge in [0.05, 0.1) is 15.9 Å². The Morgan fingerprint density at radius 3 is 2.80 bits per heavy atom. The third-order valence-electron chi connectivity index (χ3n) is 4.61. The van der Waals surface area contributed by atoms with Crippen molar-refractivity contribution in [3.8, 4) is 0 Å². The third-order valence-corrected chi connectivity index (χ3v) is 6.32. The Kier molecular flexibility index (Phi) is 4.82. The zero-order valence-corrected chi connectivity index (χ0v) is 15.7. The molecule has 0 aromatic carbocycles. The van der Waals surface area contributed by atoms with Gasteiger partial charge in [-0.3, -0.25) is 0 Å². The van der Waals surface area contributed by atoms with E-state index in [1.165, 1.54) is 11.5 Å². The molecule has 4 rings (SSSR count). The molecule has 0 saturated heterocycles. The second kappa shape index (κ2) is 7.23. The van der Waals surface area contributed by atoms with Gasteiger partial charge in [0.25, 0.3) is 0 Å². The summed E-state index contributed by atoms with van der Waals surface area (Å²) in [5, 5.41) is 19.2. The van der Waals surface area contributed by atoms with Crippen LogP contribution < -0.4 is 10.6 Å². The highest BCUT2D eigenvalue weighted by Crippen LogP contribution is 2.32. The molecule has 8 heteroatoms. The molecular weight excluding hydrogens is 354 g/mol. The van der Waals surface area contributed by atoms with Gasteiger partial charge in [-0.2, -0.15) is 9.36 Å². The fraction of sp³-hybridized carbons (Fsp3) is 0.471. The molecule has 6 nitrogen and oxygen atoms in total. The maximum Gasteiger partial charge on any atom is 0.230 e. The van der Waals surface area contributed by atoms with Crippen LogP contribution in [0.25, 0.3) is 10.2 Å². The van der Waals surface area contributed by atoms with Gasteiger partial charge in [-0.1, -0.05) is 0 Å². The van der Waals surface area contributed by atoms with E-state index in [-0.39, 0.29) is 0 Å². The number of thiophene rings is 1. The highest BCUT2D eigenvalue weighted by Gasteiger charge is 2.22. The Hall–Kier alpha value is -1.77. The molecule has 3 heterocycles. The average molecular weight is 376 g/mol. The summed E-state index contributed by atoms with van der Waals surface area (Å²) >= 11 is 3.08. The van der Waals surface area contributed by atoms with Gasteiger partial charge in [-0.15, -0.1) is 11.3 Å². The maximum atomic E-state index is 9.31. The molecule has 1 aliphatic rings. The van der Waals surface area contributed by atoms with E-state index in [2.05, 4.69) is 20.0 Å². The van der Waals surface area contributed by atoms with E-state index in [0.717, 1.165) is 52.4 Å². The van der Waals surface area contributed by atoms with Crippen molar-refractivity contribution in [1.82, 2.24) is 14.3 Å². The van der Waals surface area contributed by atoms with E-state index < -0.39 is 0 Å². The zero-order chi connectivity index (χ0) is 17.2. The van der Waals surface area contributed by atoms with Crippen LogP contribution in [0.3, 0.4) is 0 Å². The molecule has 0 spiro atoms. The summed E-state index contributed by atoms with van der Waals surface area (Å²) in [6, 6.07) is 4.43. The summed E-state index contributed by atoms with van der Waals surface area (Å²) in [7, 11) is 0. The van der Waals surface area contributed by atoms with Gasteiger partial charge in [-0.25, -0.2) is 4.98 Å². The molecule has 0 amide bonds. The zero-order valence-electron chi connectivity index (χ0n) is 14.0. The van der Waals surface area contributed by atoms with Crippen LogP contribution in [0.15, 0.2) is 17.5 Å². The van der Waals surface area contributed by atoms with E-state index in [1.807, 2.05) is 24.4 Å². The van der Waals surface area contributed by atoms with Gasteiger partial charge < -0.3 is 15.7 Å². The van der Waals surface area contributed by atoms with Crippen LogP contribution in [0.5, 0.6) is 0 Å². The lowest BCUT2D eigenvalue weighted by Gasteiger charge is -2.28. The van der Waals surface area contributed by atoms with Crippen molar-refractivity contribution in [2.75, 3.05) is 17.2 Å².